The summed E-state index contributed by atoms with van der Waals surface area (Å²) < 4.78 is 5.15. The van der Waals surface area contributed by atoms with Crippen molar-refractivity contribution < 1.29 is 19.7 Å². The van der Waals surface area contributed by atoms with E-state index in [4.69, 9.17) is 4.74 Å². The van der Waals surface area contributed by atoms with Crippen molar-refractivity contribution in [3.63, 3.8) is 0 Å². The topological polar surface area (TPSA) is 78.8 Å². The molecule has 0 radical (unpaired) electrons. The summed E-state index contributed by atoms with van der Waals surface area (Å²) in [5, 5.41) is 22.4. The van der Waals surface area contributed by atoms with Gasteiger partial charge in [0.25, 0.3) is 0 Å². The van der Waals surface area contributed by atoms with Gasteiger partial charge in [-0.25, -0.2) is 4.79 Å². The van der Waals surface area contributed by atoms with Crippen LogP contribution in [0, 0.1) is 0 Å². The van der Waals surface area contributed by atoms with E-state index >= 15 is 0 Å². The molecule has 3 N–H and O–H groups in total. The molecule has 2 rings (SSSR count). The maximum atomic E-state index is 11.7. The molecule has 0 bridgehead atoms. The van der Waals surface area contributed by atoms with Crippen LogP contribution in [0.4, 0.5) is 4.79 Å². The molecular formula is C18H21NO4. The second-order valence-corrected chi connectivity index (χ2v) is 6.22. The molecule has 5 heteroatoms. The number of carbonyl (C=O) groups is 1. The van der Waals surface area contributed by atoms with Gasteiger partial charge in [0.2, 0.25) is 0 Å². The van der Waals surface area contributed by atoms with Crippen molar-refractivity contribution in [3.05, 3.63) is 48.0 Å². The summed E-state index contributed by atoms with van der Waals surface area (Å²) >= 11 is 0. The molecule has 23 heavy (non-hydrogen) atoms. The zero-order chi connectivity index (χ0) is 17.0. The number of alkyl carbamates (subject to hydrolysis) is 1. The molecule has 0 saturated carbocycles. The molecule has 0 saturated heterocycles. The van der Waals surface area contributed by atoms with Crippen LogP contribution in [-0.4, -0.2) is 21.9 Å². The lowest BCUT2D eigenvalue weighted by atomic mass is 10.0. The lowest BCUT2D eigenvalue weighted by Gasteiger charge is -2.20. The van der Waals surface area contributed by atoms with Crippen LogP contribution < -0.4 is 5.32 Å². The van der Waals surface area contributed by atoms with Gasteiger partial charge in [0.05, 0.1) is 0 Å². The van der Waals surface area contributed by atoms with E-state index in [1.54, 1.807) is 26.8 Å². The number of hydrogen-bond donors (Lipinski definition) is 3. The molecule has 2 aromatic carbocycles. The number of aromatic hydroxyl groups is 2. The Morgan fingerprint density at radius 3 is 2.35 bits per heavy atom. The van der Waals surface area contributed by atoms with Gasteiger partial charge in [-0.2, -0.15) is 0 Å². The molecule has 0 aromatic heterocycles. The van der Waals surface area contributed by atoms with Crippen molar-refractivity contribution in [2.24, 2.45) is 0 Å². The van der Waals surface area contributed by atoms with Crippen molar-refractivity contribution in [1.82, 2.24) is 5.32 Å². The number of rotatable bonds is 3. The van der Waals surface area contributed by atoms with E-state index in [1.165, 1.54) is 6.07 Å². The Kier molecular flexibility index (Phi) is 4.79. The Morgan fingerprint density at radius 1 is 1.09 bits per heavy atom. The van der Waals surface area contributed by atoms with Gasteiger partial charge in [-0.3, -0.25) is 0 Å². The van der Waals surface area contributed by atoms with Crippen LogP contribution in [0.5, 0.6) is 11.5 Å². The van der Waals surface area contributed by atoms with Gasteiger partial charge in [0, 0.05) is 12.1 Å². The van der Waals surface area contributed by atoms with Gasteiger partial charge in [0.15, 0.2) is 11.5 Å². The lowest BCUT2D eigenvalue weighted by Crippen LogP contribution is -2.32. The largest absolute Gasteiger partial charge is 0.504 e. The Labute approximate surface area is 135 Å². The summed E-state index contributed by atoms with van der Waals surface area (Å²) in [5.41, 5.74) is 1.47. The minimum absolute atomic E-state index is 0.0506. The molecule has 0 aliphatic rings. The van der Waals surface area contributed by atoms with E-state index in [0.717, 1.165) is 11.1 Å². The number of phenols is 2. The minimum atomic E-state index is -0.597. The Balaban J connectivity index is 2.19. The first-order chi connectivity index (χ1) is 10.8. The van der Waals surface area contributed by atoms with E-state index < -0.39 is 11.7 Å². The third-order valence-corrected chi connectivity index (χ3v) is 3.10. The van der Waals surface area contributed by atoms with Crippen molar-refractivity contribution in [3.8, 4) is 22.6 Å². The first-order valence-electron chi connectivity index (χ1n) is 7.33. The summed E-state index contributed by atoms with van der Waals surface area (Å²) in [6.45, 7) is 5.36. The fourth-order valence-corrected chi connectivity index (χ4v) is 2.09. The molecule has 0 aliphatic heterocycles. The maximum Gasteiger partial charge on any atom is 0.407 e. The van der Waals surface area contributed by atoms with E-state index in [2.05, 4.69) is 5.32 Å². The number of phenolic OH excluding ortho intramolecular Hbond substituents is 2. The Hall–Kier alpha value is -2.69. The molecule has 122 valence electrons. The highest BCUT2D eigenvalue weighted by Gasteiger charge is 2.17. The third kappa shape index (κ3) is 4.64. The van der Waals surface area contributed by atoms with Gasteiger partial charge < -0.3 is 20.3 Å². The number of carbonyl (C=O) groups excluding carboxylic acids is 1. The van der Waals surface area contributed by atoms with Crippen molar-refractivity contribution in [1.29, 1.82) is 0 Å². The molecule has 0 aliphatic carbocycles. The van der Waals surface area contributed by atoms with Crippen molar-refractivity contribution in [2.45, 2.75) is 32.9 Å². The van der Waals surface area contributed by atoms with Crippen LogP contribution in [0.1, 0.15) is 26.3 Å². The van der Waals surface area contributed by atoms with E-state index in [-0.39, 0.29) is 18.0 Å². The van der Waals surface area contributed by atoms with Crippen LogP contribution in [0.3, 0.4) is 0 Å². The number of nitrogens with one attached hydrogen (secondary N) is 1. The fourth-order valence-electron chi connectivity index (χ4n) is 2.09. The van der Waals surface area contributed by atoms with Gasteiger partial charge in [-0.1, -0.05) is 30.3 Å². The molecule has 0 spiro atoms. The van der Waals surface area contributed by atoms with E-state index in [9.17, 15) is 15.0 Å². The number of ether oxygens (including phenoxy) is 1. The zero-order valence-corrected chi connectivity index (χ0v) is 13.5. The van der Waals surface area contributed by atoms with E-state index in [1.807, 2.05) is 30.3 Å². The number of benzene rings is 2. The highest BCUT2D eigenvalue weighted by Crippen LogP contribution is 2.34. The zero-order valence-electron chi connectivity index (χ0n) is 13.5. The van der Waals surface area contributed by atoms with Gasteiger partial charge >= 0.3 is 6.09 Å². The predicted octanol–water partition coefficient (Wildman–Crippen LogP) is 3.79. The van der Waals surface area contributed by atoms with E-state index in [0.29, 0.717) is 5.56 Å². The molecule has 1 amide bonds. The summed E-state index contributed by atoms with van der Waals surface area (Å²) in [6.07, 6.45) is -0.582. The van der Waals surface area contributed by atoms with Crippen LogP contribution in [0.25, 0.3) is 11.1 Å². The molecule has 0 heterocycles. The molecule has 0 fully saturated rings. The third-order valence-electron chi connectivity index (χ3n) is 3.10. The summed E-state index contributed by atoms with van der Waals surface area (Å²) in [6, 6.07) is 12.7. The van der Waals surface area contributed by atoms with Crippen LogP contribution in [0.15, 0.2) is 42.5 Å². The SMILES string of the molecule is CC(C)(C)OC(=O)NCc1cc(-c2ccccc2)cc(O)c1O. The smallest absolute Gasteiger partial charge is 0.407 e. The normalized spacial score (nSPS) is 11.1. The quantitative estimate of drug-likeness (QED) is 0.753. The van der Waals surface area contributed by atoms with Crippen LogP contribution in [-0.2, 0) is 11.3 Å². The lowest BCUT2D eigenvalue weighted by molar-refractivity contribution is 0.0523. The van der Waals surface area contributed by atoms with Crippen LogP contribution in [0.2, 0.25) is 0 Å². The number of hydrogen-bond acceptors (Lipinski definition) is 4. The fraction of sp³-hybridized carbons (Fsp3) is 0.278. The van der Waals surface area contributed by atoms with Gasteiger partial charge in [-0.15, -0.1) is 0 Å². The average Bonchev–Trinajstić information content (AvgIpc) is 2.47. The van der Waals surface area contributed by atoms with Gasteiger partial charge in [-0.05, 0) is 44.0 Å². The first-order valence-corrected chi connectivity index (χ1v) is 7.33. The summed E-state index contributed by atoms with van der Waals surface area (Å²) in [4.78, 5) is 11.7. The number of amides is 1. The highest BCUT2D eigenvalue weighted by molar-refractivity contribution is 5.70. The summed E-state index contributed by atoms with van der Waals surface area (Å²) in [7, 11) is 0. The molecule has 0 atom stereocenters. The highest BCUT2D eigenvalue weighted by atomic mass is 16.6. The predicted molar refractivity (Wildman–Crippen MR) is 88.3 cm³/mol. The minimum Gasteiger partial charge on any atom is -0.504 e. The average molecular weight is 315 g/mol. The molecule has 2 aromatic rings. The molecular weight excluding hydrogens is 294 g/mol. The second kappa shape index (κ2) is 6.60. The Bertz CT molecular complexity index is 690. The first kappa shape index (κ1) is 16.7. The summed E-state index contributed by atoms with van der Waals surface area (Å²) in [5.74, 6) is -0.479. The van der Waals surface area contributed by atoms with Gasteiger partial charge in [0.1, 0.15) is 5.60 Å². The second-order valence-electron chi connectivity index (χ2n) is 6.22. The molecule has 0 unspecified atom stereocenters. The Morgan fingerprint density at radius 2 is 1.74 bits per heavy atom. The van der Waals surface area contributed by atoms with Crippen LogP contribution >= 0.6 is 0 Å². The maximum absolute atomic E-state index is 11.7. The van der Waals surface area contributed by atoms with Crippen molar-refractivity contribution >= 4 is 6.09 Å². The monoisotopic (exact) mass is 315 g/mol. The standard InChI is InChI=1S/C18H21NO4/c1-18(2,3)23-17(22)19-11-14-9-13(10-15(20)16(14)21)12-7-5-4-6-8-12/h4-10,20-21H,11H2,1-3H3,(H,19,22). The molecule has 5 nitrogen and oxygen atoms in total. The van der Waals surface area contributed by atoms with Crippen molar-refractivity contribution in [2.75, 3.05) is 0 Å².